The molecule has 2 aromatic rings. The molecule has 7 heteroatoms. The molecule has 0 bridgehead atoms. The fourth-order valence-electron chi connectivity index (χ4n) is 3.37. The highest BCUT2D eigenvalue weighted by molar-refractivity contribution is 6.06. The number of esters is 2. The van der Waals surface area contributed by atoms with Crippen LogP contribution in [-0.2, 0) is 27.4 Å². The first-order valence-corrected chi connectivity index (χ1v) is 9.47. The topological polar surface area (TPSA) is 87.1 Å². The Kier molecular flexibility index (Phi) is 6.29. The molecule has 29 heavy (non-hydrogen) atoms. The molecule has 0 saturated carbocycles. The average molecular weight is 396 g/mol. The highest BCUT2D eigenvalue weighted by Gasteiger charge is 2.59. The molecule has 1 unspecified atom stereocenters. The first-order chi connectivity index (χ1) is 13.9. The van der Waals surface area contributed by atoms with Gasteiger partial charge in [0.05, 0.1) is 0 Å². The number of cyclic esters (lactones) is 2. The number of amides is 2. The summed E-state index contributed by atoms with van der Waals surface area (Å²) in [6, 6.07) is 16.7. The minimum Gasteiger partial charge on any atom is -0.394 e. The van der Waals surface area contributed by atoms with Crippen LogP contribution in [0, 0.1) is 0 Å². The lowest BCUT2D eigenvalue weighted by atomic mass is 10.1. The maximum Gasteiger partial charge on any atom is 0.339 e. The van der Waals surface area contributed by atoms with Crippen molar-refractivity contribution in [3.63, 3.8) is 0 Å². The summed E-state index contributed by atoms with van der Waals surface area (Å²) in [4.78, 5) is 40.1. The molecule has 2 fully saturated rings. The molecule has 1 N–H and O–H groups in total. The van der Waals surface area contributed by atoms with E-state index in [1.165, 1.54) is 9.80 Å². The van der Waals surface area contributed by atoms with Gasteiger partial charge in [-0.15, -0.1) is 0 Å². The van der Waals surface area contributed by atoms with Crippen LogP contribution in [0.3, 0.4) is 0 Å². The Labute approximate surface area is 169 Å². The average Bonchev–Trinajstić information content (AvgIpc) is 3.12. The van der Waals surface area contributed by atoms with Crippen molar-refractivity contribution in [3.8, 4) is 0 Å². The Balaban J connectivity index is 0.000000552. The molecular formula is C22H24N2O5. The zero-order valence-corrected chi connectivity index (χ0v) is 16.4. The first kappa shape index (κ1) is 20.5. The van der Waals surface area contributed by atoms with Crippen LogP contribution < -0.4 is 0 Å². The SMILES string of the molecule is CC(C)O.O=C1OC(=O)[C@@H]2C1N(Cc1ccccc1)C(=O)N2Cc1ccccc1. The Bertz CT molecular complexity index is 799. The fourth-order valence-corrected chi connectivity index (χ4v) is 3.37. The summed E-state index contributed by atoms with van der Waals surface area (Å²) in [7, 11) is 0. The standard InChI is InChI=1S/C19H16N2O4.C3H8O/c22-17-15-16(18(23)25-17)21(12-14-9-5-2-6-10-14)19(24)20(15)11-13-7-3-1-4-8-13;1-3(2)4/h1-10,15-16H,11-12H2;3-4H,1-2H3/t15-,16?;/m0./s1. The molecule has 2 saturated heterocycles. The van der Waals surface area contributed by atoms with Gasteiger partial charge in [-0.3, -0.25) is 0 Å². The van der Waals surface area contributed by atoms with Gasteiger partial charge in [0.25, 0.3) is 0 Å². The van der Waals surface area contributed by atoms with E-state index in [0.717, 1.165) is 11.1 Å². The number of ether oxygens (including phenoxy) is 1. The van der Waals surface area contributed by atoms with Crippen molar-refractivity contribution >= 4 is 18.0 Å². The van der Waals surface area contributed by atoms with Crippen molar-refractivity contribution in [2.24, 2.45) is 0 Å². The van der Waals surface area contributed by atoms with Gasteiger partial charge in [-0.05, 0) is 25.0 Å². The van der Waals surface area contributed by atoms with Crippen LogP contribution in [0.2, 0.25) is 0 Å². The minimum atomic E-state index is -0.885. The number of hydrogen-bond donors (Lipinski definition) is 1. The number of nitrogens with zero attached hydrogens (tertiary/aromatic N) is 2. The Morgan fingerprint density at radius 1 is 0.793 bits per heavy atom. The molecule has 0 radical (unpaired) electrons. The number of fused-ring (bicyclic) bond motifs is 1. The quantitative estimate of drug-likeness (QED) is 0.633. The molecule has 2 heterocycles. The number of carbonyl (C=O) groups excluding carboxylic acids is 3. The zero-order chi connectivity index (χ0) is 21.0. The van der Waals surface area contributed by atoms with E-state index in [1.54, 1.807) is 13.8 Å². The maximum atomic E-state index is 12.9. The number of aliphatic hydroxyl groups is 1. The third kappa shape index (κ3) is 4.63. The van der Waals surface area contributed by atoms with E-state index >= 15 is 0 Å². The van der Waals surface area contributed by atoms with Gasteiger partial charge in [-0.1, -0.05) is 60.7 Å². The normalized spacial score (nSPS) is 20.5. The van der Waals surface area contributed by atoms with E-state index in [2.05, 4.69) is 0 Å². The lowest BCUT2D eigenvalue weighted by Crippen LogP contribution is -2.39. The van der Waals surface area contributed by atoms with E-state index in [0.29, 0.717) is 0 Å². The molecule has 2 amide bonds. The van der Waals surface area contributed by atoms with Crippen LogP contribution in [0.5, 0.6) is 0 Å². The van der Waals surface area contributed by atoms with Gasteiger partial charge in [0.1, 0.15) is 0 Å². The molecule has 2 aliphatic heterocycles. The smallest absolute Gasteiger partial charge is 0.339 e. The van der Waals surface area contributed by atoms with Gasteiger partial charge in [-0.2, -0.15) is 0 Å². The third-order valence-corrected chi connectivity index (χ3v) is 4.54. The molecular weight excluding hydrogens is 372 g/mol. The van der Waals surface area contributed by atoms with Crippen molar-refractivity contribution in [2.45, 2.75) is 45.1 Å². The number of rotatable bonds is 4. The number of urea groups is 1. The van der Waals surface area contributed by atoms with Crippen molar-refractivity contribution < 1.29 is 24.2 Å². The number of aliphatic hydroxyl groups excluding tert-OH is 1. The summed E-state index contributed by atoms with van der Waals surface area (Å²) >= 11 is 0. The van der Waals surface area contributed by atoms with E-state index in [9.17, 15) is 14.4 Å². The van der Waals surface area contributed by atoms with Crippen molar-refractivity contribution in [2.75, 3.05) is 0 Å². The molecule has 152 valence electrons. The second-order valence-electron chi connectivity index (χ2n) is 7.23. The van der Waals surface area contributed by atoms with Crippen LogP contribution in [0.4, 0.5) is 4.79 Å². The van der Waals surface area contributed by atoms with Crippen molar-refractivity contribution in [1.29, 1.82) is 0 Å². The monoisotopic (exact) mass is 396 g/mol. The highest BCUT2D eigenvalue weighted by atomic mass is 16.6. The highest BCUT2D eigenvalue weighted by Crippen LogP contribution is 2.32. The summed E-state index contributed by atoms with van der Waals surface area (Å²) in [6.07, 6.45) is -0.167. The van der Waals surface area contributed by atoms with Gasteiger partial charge in [0.15, 0.2) is 12.1 Å². The fraction of sp³-hybridized carbons (Fsp3) is 0.318. The predicted octanol–water partition coefficient (Wildman–Crippen LogP) is 2.33. The third-order valence-electron chi connectivity index (χ3n) is 4.54. The van der Waals surface area contributed by atoms with Crippen LogP contribution >= 0.6 is 0 Å². The van der Waals surface area contributed by atoms with Crippen LogP contribution in [-0.4, -0.2) is 51.1 Å². The zero-order valence-electron chi connectivity index (χ0n) is 16.4. The van der Waals surface area contributed by atoms with Crippen molar-refractivity contribution in [1.82, 2.24) is 9.80 Å². The van der Waals surface area contributed by atoms with Gasteiger partial charge in [0, 0.05) is 19.2 Å². The summed E-state index contributed by atoms with van der Waals surface area (Å²) in [5.74, 6) is -1.32. The Morgan fingerprint density at radius 2 is 1.14 bits per heavy atom. The molecule has 7 nitrogen and oxygen atoms in total. The lowest BCUT2D eigenvalue weighted by molar-refractivity contribution is -0.154. The van der Waals surface area contributed by atoms with Crippen LogP contribution in [0.1, 0.15) is 25.0 Å². The Morgan fingerprint density at radius 3 is 1.48 bits per heavy atom. The number of carbonyl (C=O) groups is 3. The Hall–Kier alpha value is -3.19. The van der Waals surface area contributed by atoms with Crippen LogP contribution in [0.15, 0.2) is 60.7 Å². The molecule has 4 rings (SSSR count). The minimum absolute atomic E-state index is 0.167. The lowest BCUT2D eigenvalue weighted by Gasteiger charge is -2.21. The number of benzene rings is 2. The van der Waals surface area contributed by atoms with E-state index in [1.807, 2.05) is 60.7 Å². The largest absolute Gasteiger partial charge is 0.394 e. The summed E-state index contributed by atoms with van der Waals surface area (Å²) in [5, 5.41) is 8.06. The molecule has 0 spiro atoms. The van der Waals surface area contributed by atoms with E-state index in [-0.39, 0.29) is 25.2 Å². The van der Waals surface area contributed by atoms with E-state index < -0.39 is 24.0 Å². The van der Waals surface area contributed by atoms with Gasteiger partial charge < -0.3 is 19.6 Å². The van der Waals surface area contributed by atoms with Gasteiger partial charge in [0.2, 0.25) is 0 Å². The second kappa shape index (κ2) is 8.87. The molecule has 0 aromatic heterocycles. The summed E-state index contributed by atoms with van der Waals surface area (Å²) < 4.78 is 4.80. The predicted molar refractivity (Wildman–Crippen MR) is 105 cm³/mol. The molecule has 2 aromatic carbocycles. The first-order valence-electron chi connectivity index (χ1n) is 9.47. The molecule has 2 aliphatic rings. The molecule has 2 atom stereocenters. The summed E-state index contributed by atoms with van der Waals surface area (Å²) in [6.45, 7) is 3.96. The molecule has 0 aliphatic carbocycles. The van der Waals surface area contributed by atoms with Gasteiger partial charge >= 0.3 is 18.0 Å². The van der Waals surface area contributed by atoms with E-state index in [4.69, 9.17) is 9.84 Å². The number of hydrogen-bond acceptors (Lipinski definition) is 5. The summed E-state index contributed by atoms with van der Waals surface area (Å²) in [5.41, 5.74) is 1.78. The van der Waals surface area contributed by atoms with Crippen LogP contribution in [0.25, 0.3) is 0 Å². The second-order valence-corrected chi connectivity index (χ2v) is 7.23. The van der Waals surface area contributed by atoms with Gasteiger partial charge in [-0.25, -0.2) is 14.4 Å². The van der Waals surface area contributed by atoms with Crippen molar-refractivity contribution in [3.05, 3.63) is 71.8 Å². The maximum absolute atomic E-state index is 12.9.